The summed E-state index contributed by atoms with van der Waals surface area (Å²) in [6.45, 7) is 0. The topological polar surface area (TPSA) is 78.4 Å². The van der Waals surface area contributed by atoms with Crippen molar-refractivity contribution in [3.05, 3.63) is 56.1 Å². The third kappa shape index (κ3) is 4.43. The van der Waals surface area contributed by atoms with Gasteiger partial charge in [0.15, 0.2) is 0 Å². The molecule has 5 nitrogen and oxygen atoms in total. The van der Waals surface area contributed by atoms with Gasteiger partial charge in [0.2, 0.25) is 0 Å². The Balaban J connectivity index is 2.12. The molecule has 7 heteroatoms. The Morgan fingerprint density at radius 2 is 1.71 bits per heavy atom. The third-order valence-electron chi connectivity index (χ3n) is 2.56. The van der Waals surface area contributed by atoms with E-state index >= 15 is 0 Å². The van der Waals surface area contributed by atoms with Crippen molar-refractivity contribution in [2.75, 3.05) is 10.6 Å². The number of aromatic carboxylic acids is 1. The van der Waals surface area contributed by atoms with Crippen molar-refractivity contribution < 1.29 is 14.7 Å². The first-order chi connectivity index (χ1) is 9.95. The Morgan fingerprint density at radius 1 is 1.05 bits per heavy atom. The standard InChI is InChI=1S/C14H10BrIN2O3/c15-8-1-4-10(5-2-8)17-14(21)18-12-6-3-9(16)7-11(12)13(19)20/h1-7H,(H,19,20)(H2,17,18,21). The van der Waals surface area contributed by atoms with Crippen LogP contribution >= 0.6 is 38.5 Å². The van der Waals surface area contributed by atoms with Crippen molar-refractivity contribution in [3.63, 3.8) is 0 Å². The Kier molecular flexibility index (Phi) is 5.18. The third-order valence-corrected chi connectivity index (χ3v) is 3.76. The molecule has 0 radical (unpaired) electrons. The molecule has 0 unspecified atom stereocenters. The van der Waals surface area contributed by atoms with Gasteiger partial charge in [-0.05, 0) is 65.1 Å². The molecule has 0 saturated carbocycles. The van der Waals surface area contributed by atoms with Crippen LogP contribution in [-0.2, 0) is 0 Å². The molecule has 21 heavy (non-hydrogen) atoms. The van der Waals surface area contributed by atoms with Crippen molar-refractivity contribution >= 4 is 61.9 Å². The molecule has 2 rings (SSSR count). The van der Waals surface area contributed by atoms with Crippen molar-refractivity contribution in [1.29, 1.82) is 0 Å². The number of amides is 2. The molecule has 108 valence electrons. The number of rotatable bonds is 3. The summed E-state index contributed by atoms with van der Waals surface area (Å²) in [5.41, 5.74) is 0.906. The zero-order chi connectivity index (χ0) is 15.4. The summed E-state index contributed by atoms with van der Waals surface area (Å²) in [6, 6.07) is 11.3. The predicted molar refractivity (Wildman–Crippen MR) is 92.9 cm³/mol. The van der Waals surface area contributed by atoms with E-state index in [2.05, 4.69) is 26.6 Å². The normalized spacial score (nSPS) is 10.0. The van der Waals surface area contributed by atoms with Crippen molar-refractivity contribution in [3.8, 4) is 0 Å². The molecule has 0 heterocycles. The number of carbonyl (C=O) groups excluding carboxylic acids is 1. The molecule has 2 aromatic rings. The first kappa shape index (κ1) is 15.8. The zero-order valence-corrected chi connectivity index (χ0v) is 14.3. The van der Waals surface area contributed by atoms with Crippen LogP contribution in [0.25, 0.3) is 0 Å². The molecule has 0 atom stereocenters. The zero-order valence-electron chi connectivity index (χ0n) is 10.6. The Labute approximate surface area is 143 Å². The predicted octanol–water partition coefficient (Wildman–Crippen LogP) is 4.40. The Morgan fingerprint density at radius 3 is 2.33 bits per heavy atom. The highest BCUT2D eigenvalue weighted by Crippen LogP contribution is 2.20. The van der Waals surface area contributed by atoms with E-state index in [9.17, 15) is 9.59 Å². The van der Waals surface area contributed by atoms with E-state index < -0.39 is 12.0 Å². The molecule has 0 spiro atoms. The molecule has 0 bridgehead atoms. The van der Waals surface area contributed by atoms with E-state index in [0.29, 0.717) is 5.69 Å². The van der Waals surface area contributed by atoms with E-state index in [4.69, 9.17) is 5.11 Å². The highest BCUT2D eigenvalue weighted by molar-refractivity contribution is 14.1. The number of halogens is 2. The van der Waals surface area contributed by atoms with E-state index in [1.54, 1.807) is 36.4 Å². The first-order valence-corrected chi connectivity index (χ1v) is 7.69. The van der Waals surface area contributed by atoms with Gasteiger partial charge in [0.25, 0.3) is 0 Å². The summed E-state index contributed by atoms with van der Waals surface area (Å²) >= 11 is 5.32. The maximum atomic E-state index is 11.9. The second kappa shape index (κ2) is 6.90. The summed E-state index contributed by atoms with van der Waals surface area (Å²) in [5, 5.41) is 14.3. The van der Waals surface area contributed by atoms with E-state index in [1.165, 1.54) is 6.07 Å². The number of urea groups is 1. The minimum absolute atomic E-state index is 0.0489. The van der Waals surface area contributed by atoms with Gasteiger partial charge in [-0.3, -0.25) is 0 Å². The number of carbonyl (C=O) groups is 2. The van der Waals surface area contributed by atoms with Gasteiger partial charge < -0.3 is 15.7 Å². The Bertz CT molecular complexity index is 689. The lowest BCUT2D eigenvalue weighted by molar-refractivity contribution is 0.0698. The molecule has 0 aliphatic carbocycles. The number of hydrogen-bond acceptors (Lipinski definition) is 2. The molecule has 0 aliphatic rings. The lowest BCUT2D eigenvalue weighted by Crippen LogP contribution is -2.21. The van der Waals surface area contributed by atoms with Gasteiger partial charge >= 0.3 is 12.0 Å². The van der Waals surface area contributed by atoms with Gasteiger partial charge in [0.05, 0.1) is 11.3 Å². The summed E-state index contributed by atoms with van der Waals surface area (Å²) < 4.78 is 1.68. The molecule has 2 aromatic carbocycles. The largest absolute Gasteiger partial charge is 0.478 e. The summed E-state index contributed by atoms with van der Waals surface area (Å²) in [5.74, 6) is -1.09. The van der Waals surface area contributed by atoms with Crippen LogP contribution in [0.1, 0.15) is 10.4 Å². The molecule has 0 saturated heterocycles. The van der Waals surface area contributed by atoms with Crippen molar-refractivity contribution in [2.45, 2.75) is 0 Å². The minimum Gasteiger partial charge on any atom is -0.478 e. The van der Waals surface area contributed by atoms with Crippen molar-refractivity contribution in [2.24, 2.45) is 0 Å². The van der Waals surface area contributed by atoms with Crippen LogP contribution < -0.4 is 10.6 Å². The van der Waals surface area contributed by atoms with Gasteiger partial charge in [0, 0.05) is 13.7 Å². The summed E-state index contributed by atoms with van der Waals surface area (Å²) in [6.07, 6.45) is 0. The summed E-state index contributed by atoms with van der Waals surface area (Å²) in [7, 11) is 0. The van der Waals surface area contributed by atoms with Gasteiger partial charge in [-0.25, -0.2) is 9.59 Å². The SMILES string of the molecule is O=C(Nc1ccc(Br)cc1)Nc1ccc(I)cc1C(=O)O. The number of benzene rings is 2. The van der Waals surface area contributed by atoms with E-state index in [1.807, 2.05) is 22.6 Å². The maximum absolute atomic E-state index is 11.9. The average Bonchev–Trinajstić information content (AvgIpc) is 2.43. The van der Waals surface area contributed by atoms with Gasteiger partial charge in [0.1, 0.15) is 0 Å². The second-order valence-corrected chi connectivity index (χ2v) is 6.24. The number of hydrogen-bond donors (Lipinski definition) is 3. The van der Waals surface area contributed by atoms with Gasteiger partial charge in [-0.15, -0.1) is 0 Å². The molecule has 0 aromatic heterocycles. The van der Waals surface area contributed by atoms with Crippen LogP contribution in [0.3, 0.4) is 0 Å². The lowest BCUT2D eigenvalue weighted by Gasteiger charge is -2.10. The molecule has 0 aliphatic heterocycles. The van der Waals surface area contributed by atoms with Crippen LogP contribution in [0.2, 0.25) is 0 Å². The highest BCUT2D eigenvalue weighted by atomic mass is 127. The summed E-state index contributed by atoms with van der Waals surface area (Å²) in [4.78, 5) is 23.1. The van der Waals surface area contributed by atoms with Gasteiger partial charge in [-0.1, -0.05) is 15.9 Å². The smallest absolute Gasteiger partial charge is 0.337 e. The molecule has 2 amide bonds. The van der Waals surface area contributed by atoms with E-state index in [0.717, 1.165) is 8.04 Å². The van der Waals surface area contributed by atoms with E-state index in [-0.39, 0.29) is 11.3 Å². The average molecular weight is 461 g/mol. The molecule has 3 N–H and O–H groups in total. The molecular formula is C14H10BrIN2O3. The van der Waals surface area contributed by atoms with Crippen LogP contribution in [0, 0.1) is 3.57 Å². The van der Waals surface area contributed by atoms with Gasteiger partial charge in [-0.2, -0.15) is 0 Å². The fourth-order valence-electron chi connectivity index (χ4n) is 1.62. The monoisotopic (exact) mass is 460 g/mol. The molecule has 0 fully saturated rings. The van der Waals surface area contributed by atoms with Crippen LogP contribution in [0.4, 0.5) is 16.2 Å². The Hall–Kier alpha value is -1.61. The minimum atomic E-state index is -1.09. The van der Waals surface area contributed by atoms with Crippen LogP contribution in [0.15, 0.2) is 46.9 Å². The van der Waals surface area contributed by atoms with Crippen LogP contribution in [0.5, 0.6) is 0 Å². The molecular weight excluding hydrogens is 451 g/mol. The second-order valence-electron chi connectivity index (χ2n) is 4.08. The fourth-order valence-corrected chi connectivity index (χ4v) is 2.38. The number of nitrogens with one attached hydrogen (secondary N) is 2. The lowest BCUT2D eigenvalue weighted by atomic mass is 10.2. The maximum Gasteiger partial charge on any atom is 0.337 e. The highest BCUT2D eigenvalue weighted by Gasteiger charge is 2.13. The first-order valence-electron chi connectivity index (χ1n) is 5.82. The quantitative estimate of drug-likeness (QED) is 0.594. The number of carboxylic acids is 1. The fraction of sp³-hybridized carbons (Fsp3) is 0. The number of anilines is 2. The number of carboxylic acid groups (broad SMARTS) is 1. The van der Waals surface area contributed by atoms with Crippen molar-refractivity contribution in [1.82, 2.24) is 0 Å². The van der Waals surface area contributed by atoms with Crippen LogP contribution in [-0.4, -0.2) is 17.1 Å².